The molecule has 0 spiro atoms. The first-order valence-electron chi connectivity index (χ1n) is 5.15. The molecule has 86 valence electrons. The standard InChI is InChI=1S/C12H11N3S2/c13-8-10-11(14)15(12(16)17-10)7-6-9-4-2-1-3-5-9/h1-5H,6-7,14H2. The zero-order valence-corrected chi connectivity index (χ0v) is 10.7. The molecule has 1 heterocycles. The van der Waals surface area contributed by atoms with Gasteiger partial charge >= 0.3 is 0 Å². The predicted octanol–water partition coefficient (Wildman–Crippen LogP) is 2.98. The van der Waals surface area contributed by atoms with Gasteiger partial charge in [-0.15, -0.1) is 0 Å². The molecule has 2 aromatic rings. The molecule has 0 radical (unpaired) electrons. The molecule has 0 amide bonds. The lowest BCUT2D eigenvalue weighted by molar-refractivity contribution is 0.705. The van der Waals surface area contributed by atoms with Gasteiger partial charge in [0, 0.05) is 6.54 Å². The summed E-state index contributed by atoms with van der Waals surface area (Å²) in [5.74, 6) is 0.485. The molecule has 17 heavy (non-hydrogen) atoms. The molecule has 0 bridgehead atoms. The van der Waals surface area contributed by atoms with Crippen LogP contribution in [-0.4, -0.2) is 4.57 Å². The second-order valence-electron chi connectivity index (χ2n) is 3.58. The Morgan fingerprint density at radius 3 is 2.65 bits per heavy atom. The summed E-state index contributed by atoms with van der Waals surface area (Å²) in [6, 6.07) is 12.2. The van der Waals surface area contributed by atoms with Crippen LogP contribution in [0.2, 0.25) is 0 Å². The Bertz CT molecular complexity index is 605. The third-order valence-electron chi connectivity index (χ3n) is 2.50. The number of nitrogens with zero attached hydrogens (tertiary/aromatic N) is 2. The number of thiazole rings is 1. The SMILES string of the molecule is N#Cc1sc(=S)n(CCc2ccccc2)c1N. The van der Waals surface area contributed by atoms with E-state index in [1.54, 1.807) is 0 Å². The van der Waals surface area contributed by atoms with E-state index in [2.05, 4.69) is 18.2 Å². The average molecular weight is 261 g/mol. The van der Waals surface area contributed by atoms with E-state index in [1.165, 1.54) is 16.9 Å². The van der Waals surface area contributed by atoms with Gasteiger partial charge in [-0.25, -0.2) is 0 Å². The maximum Gasteiger partial charge on any atom is 0.163 e. The summed E-state index contributed by atoms with van der Waals surface area (Å²) in [5.41, 5.74) is 7.10. The molecule has 0 aliphatic carbocycles. The van der Waals surface area contributed by atoms with Crippen LogP contribution in [0.15, 0.2) is 30.3 Å². The van der Waals surface area contributed by atoms with Gasteiger partial charge in [-0.1, -0.05) is 41.7 Å². The molecule has 3 nitrogen and oxygen atoms in total. The molecule has 0 saturated carbocycles. The monoisotopic (exact) mass is 261 g/mol. The number of nitrogen functional groups attached to an aromatic ring is 1. The molecule has 0 fully saturated rings. The number of hydrogen-bond donors (Lipinski definition) is 1. The van der Waals surface area contributed by atoms with Crippen LogP contribution in [0, 0.1) is 15.3 Å². The van der Waals surface area contributed by atoms with E-state index in [0.29, 0.717) is 21.2 Å². The third-order valence-corrected chi connectivity index (χ3v) is 3.87. The highest BCUT2D eigenvalue weighted by Crippen LogP contribution is 2.21. The van der Waals surface area contributed by atoms with Gasteiger partial charge in [0.25, 0.3) is 0 Å². The fourth-order valence-corrected chi connectivity index (χ4v) is 2.77. The number of nitrogens with two attached hydrogens (primary N) is 1. The normalized spacial score (nSPS) is 10.1. The summed E-state index contributed by atoms with van der Waals surface area (Å²) >= 11 is 6.46. The first kappa shape index (κ1) is 11.8. The van der Waals surface area contributed by atoms with Gasteiger partial charge in [-0.2, -0.15) is 5.26 Å². The Morgan fingerprint density at radius 2 is 2.06 bits per heavy atom. The van der Waals surface area contributed by atoms with Crippen LogP contribution in [0.25, 0.3) is 0 Å². The number of benzene rings is 1. The fraction of sp³-hybridized carbons (Fsp3) is 0.167. The van der Waals surface area contributed by atoms with Crippen LogP contribution < -0.4 is 5.73 Å². The molecule has 2 N–H and O–H groups in total. The van der Waals surface area contributed by atoms with Gasteiger partial charge < -0.3 is 10.3 Å². The van der Waals surface area contributed by atoms with Crippen molar-refractivity contribution in [2.24, 2.45) is 0 Å². The Labute approximate surface area is 109 Å². The van der Waals surface area contributed by atoms with Crippen molar-refractivity contribution in [3.05, 3.63) is 44.7 Å². The van der Waals surface area contributed by atoms with Gasteiger partial charge in [0.2, 0.25) is 0 Å². The summed E-state index contributed by atoms with van der Waals surface area (Å²) in [4.78, 5) is 0.503. The highest BCUT2D eigenvalue weighted by Gasteiger charge is 2.08. The van der Waals surface area contributed by atoms with Crippen LogP contribution in [0.4, 0.5) is 5.82 Å². The summed E-state index contributed by atoms with van der Waals surface area (Å²) < 4.78 is 2.49. The zero-order chi connectivity index (χ0) is 12.3. The van der Waals surface area contributed by atoms with Crippen LogP contribution in [-0.2, 0) is 13.0 Å². The molecule has 2 rings (SSSR count). The minimum absolute atomic E-state index is 0.485. The Morgan fingerprint density at radius 1 is 1.35 bits per heavy atom. The summed E-state index contributed by atoms with van der Waals surface area (Å²) in [6.07, 6.45) is 0.862. The summed E-state index contributed by atoms with van der Waals surface area (Å²) in [6.45, 7) is 0.715. The molecule has 0 atom stereocenters. The van der Waals surface area contributed by atoms with Gasteiger partial charge in [-0.05, 0) is 24.2 Å². The number of rotatable bonds is 3. The van der Waals surface area contributed by atoms with Gasteiger partial charge in [0.05, 0.1) is 0 Å². The fourth-order valence-electron chi connectivity index (χ4n) is 1.59. The van der Waals surface area contributed by atoms with Crippen LogP contribution >= 0.6 is 23.6 Å². The second kappa shape index (κ2) is 5.13. The van der Waals surface area contributed by atoms with E-state index < -0.39 is 0 Å². The average Bonchev–Trinajstić information content (AvgIpc) is 2.63. The largest absolute Gasteiger partial charge is 0.383 e. The maximum absolute atomic E-state index is 8.86. The van der Waals surface area contributed by atoms with E-state index in [9.17, 15) is 0 Å². The lowest BCUT2D eigenvalue weighted by Crippen LogP contribution is -2.05. The smallest absolute Gasteiger partial charge is 0.163 e. The molecule has 0 saturated heterocycles. The van der Waals surface area contributed by atoms with Crippen molar-refractivity contribution < 1.29 is 0 Å². The molecular formula is C12H11N3S2. The van der Waals surface area contributed by atoms with E-state index in [-0.39, 0.29) is 0 Å². The van der Waals surface area contributed by atoms with Crippen molar-refractivity contribution in [1.82, 2.24) is 4.57 Å². The van der Waals surface area contributed by atoms with Crippen LogP contribution in [0.1, 0.15) is 10.4 Å². The van der Waals surface area contributed by atoms with Crippen LogP contribution in [0.5, 0.6) is 0 Å². The van der Waals surface area contributed by atoms with Crippen molar-refractivity contribution >= 4 is 29.4 Å². The van der Waals surface area contributed by atoms with Crippen molar-refractivity contribution in [2.45, 2.75) is 13.0 Å². The van der Waals surface area contributed by atoms with Crippen molar-refractivity contribution in [3.8, 4) is 6.07 Å². The highest BCUT2D eigenvalue weighted by atomic mass is 32.1. The predicted molar refractivity (Wildman–Crippen MR) is 72.4 cm³/mol. The summed E-state index contributed by atoms with van der Waals surface area (Å²) in [5, 5.41) is 8.86. The van der Waals surface area contributed by atoms with Gasteiger partial charge in [-0.3, -0.25) is 0 Å². The van der Waals surface area contributed by atoms with E-state index in [1.807, 2.05) is 22.8 Å². The van der Waals surface area contributed by atoms with E-state index in [4.69, 9.17) is 23.2 Å². The number of nitriles is 1. The molecule has 0 aliphatic rings. The molecule has 1 aromatic heterocycles. The summed E-state index contributed by atoms with van der Waals surface area (Å²) in [7, 11) is 0. The number of aromatic nitrogens is 1. The minimum atomic E-state index is 0.485. The molecule has 0 aliphatic heterocycles. The lowest BCUT2D eigenvalue weighted by Gasteiger charge is -2.05. The minimum Gasteiger partial charge on any atom is -0.383 e. The number of hydrogen-bond acceptors (Lipinski definition) is 4. The molecule has 5 heteroatoms. The molecular weight excluding hydrogens is 250 g/mol. The van der Waals surface area contributed by atoms with Gasteiger partial charge in [0.15, 0.2) is 3.95 Å². The lowest BCUT2D eigenvalue weighted by atomic mass is 10.1. The van der Waals surface area contributed by atoms with E-state index >= 15 is 0 Å². The Hall–Kier alpha value is -1.64. The quantitative estimate of drug-likeness (QED) is 0.864. The van der Waals surface area contributed by atoms with Crippen molar-refractivity contribution in [3.63, 3.8) is 0 Å². The van der Waals surface area contributed by atoms with Crippen molar-refractivity contribution in [1.29, 1.82) is 5.26 Å². The Balaban J connectivity index is 2.18. The highest BCUT2D eigenvalue weighted by molar-refractivity contribution is 7.73. The maximum atomic E-state index is 8.86. The number of anilines is 1. The molecule has 0 unspecified atom stereocenters. The van der Waals surface area contributed by atoms with Gasteiger partial charge in [0.1, 0.15) is 16.8 Å². The van der Waals surface area contributed by atoms with E-state index in [0.717, 1.165) is 6.42 Å². The first-order chi connectivity index (χ1) is 8.22. The number of aryl methyl sites for hydroxylation is 1. The molecule has 1 aromatic carbocycles. The van der Waals surface area contributed by atoms with Crippen molar-refractivity contribution in [2.75, 3.05) is 5.73 Å². The topological polar surface area (TPSA) is 54.7 Å². The third kappa shape index (κ3) is 2.54. The zero-order valence-electron chi connectivity index (χ0n) is 9.09. The van der Waals surface area contributed by atoms with Crippen LogP contribution in [0.3, 0.4) is 0 Å². The first-order valence-corrected chi connectivity index (χ1v) is 6.38. The second-order valence-corrected chi connectivity index (χ2v) is 5.23. The Kier molecular flexibility index (Phi) is 3.57.